The van der Waals surface area contributed by atoms with Crippen molar-refractivity contribution in [2.45, 2.75) is 25.9 Å². The van der Waals surface area contributed by atoms with E-state index in [2.05, 4.69) is 0 Å². The van der Waals surface area contributed by atoms with Crippen LogP contribution in [0.15, 0.2) is 18.2 Å². The molecule has 2 rings (SSSR count). The zero-order chi connectivity index (χ0) is 12.3. The van der Waals surface area contributed by atoms with Gasteiger partial charge in [0.15, 0.2) is 0 Å². The van der Waals surface area contributed by atoms with Gasteiger partial charge < -0.3 is 14.6 Å². The number of rotatable bonds is 4. The van der Waals surface area contributed by atoms with Crippen LogP contribution in [0.3, 0.4) is 0 Å². The molecule has 1 aromatic rings. The number of carbonyl (C=O) groups is 1. The minimum atomic E-state index is -0.926. The molecule has 0 aliphatic carbocycles. The van der Waals surface area contributed by atoms with E-state index in [4.69, 9.17) is 14.6 Å². The molecule has 0 bridgehead atoms. The summed E-state index contributed by atoms with van der Waals surface area (Å²) in [5.41, 5.74) is 1.02. The molecule has 1 N–H and O–H groups in total. The fourth-order valence-electron chi connectivity index (χ4n) is 1.89. The van der Waals surface area contributed by atoms with Gasteiger partial charge in [-0.25, -0.2) is 4.79 Å². The second kappa shape index (κ2) is 5.19. The molecule has 0 saturated carbocycles. The number of hydrogen-bond acceptors (Lipinski definition) is 3. The third-order valence-electron chi connectivity index (χ3n) is 2.90. The number of ether oxygens (including phenoxy) is 2. The molecule has 1 aliphatic rings. The molecule has 1 unspecified atom stereocenters. The van der Waals surface area contributed by atoms with E-state index < -0.39 is 5.97 Å². The van der Waals surface area contributed by atoms with Crippen LogP contribution in [0.25, 0.3) is 0 Å². The number of carboxylic acids is 1. The van der Waals surface area contributed by atoms with Crippen molar-refractivity contribution in [1.29, 1.82) is 0 Å². The Morgan fingerprint density at radius 3 is 3.06 bits per heavy atom. The first-order chi connectivity index (χ1) is 8.16. The lowest BCUT2D eigenvalue weighted by Gasteiger charge is -2.12. The average Bonchev–Trinajstić information content (AvgIpc) is 2.80. The van der Waals surface area contributed by atoms with Crippen molar-refractivity contribution in [3.8, 4) is 5.75 Å². The Balaban J connectivity index is 2.00. The third kappa shape index (κ3) is 2.97. The highest BCUT2D eigenvalue weighted by Gasteiger charge is 2.16. The highest BCUT2D eigenvalue weighted by molar-refractivity contribution is 5.89. The number of benzene rings is 1. The summed E-state index contributed by atoms with van der Waals surface area (Å²) in [6, 6.07) is 5.11. The summed E-state index contributed by atoms with van der Waals surface area (Å²) in [6.45, 7) is 3.05. The molecule has 0 spiro atoms. The smallest absolute Gasteiger partial charge is 0.336 e. The molecule has 1 saturated heterocycles. The van der Waals surface area contributed by atoms with E-state index >= 15 is 0 Å². The Labute approximate surface area is 100 Å². The second-order valence-corrected chi connectivity index (χ2v) is 4.23. The first-order valence-corrected chi connectivity index (χ1v) is 5.75. The third-order valence-corrected chi connectivity index (χ3v) is 2.90. The monoisotopic (exact) mass is 236 g/mol. The summed E-state index contributed by atoms with van der Waals surface area (Å²) < 4.78 is 11.0. The van der Waals surface area contributed by atoms with Crippen molar-refractivity contribution >= 4 is 5.97 Å². The fourth-order valence-corrected chi connectivity index (χ4v) is 1.89. The van der Waals surface area contributed by atoms with Gasteiger partial charge in [-0.05, 0) is 37.5 Å². The van der Waals surface area contributed by atoms with Crippen LogP contribution in [0.5, 0.6) is 5.75 Å². The molecule has 1 aliphatic heterocycles. The van der Waals surface area contributed by atoms with Gasteiger partial charge in [-0.15, -0.1) is 0 Å². The molecule has 0 amide bonds. The van der Waals surface area contributed by atoms with Crippen LogP contribution in [-0.2, 0) is 4.74 Å². The zero-order valence-corrected chi connectivity index (χ0v) is 9.81. The minimum Gasteiger partial charge on any atom is -0.491 e. The molecule has 92 valence electrons. The highest BCUT2D eigenvalue weighted by atomic mass is 16.5. The Bertz CT molecular complexity index is 408. The van der Waals surface area contributed by atoms with Crippen molar-refractivity contribution in [3.05, 3.63) is 29.3 Å². The predicted octanol–water partition coefficient (Wildman–Crippen LogP) is 2.25. The van der Waals surface area contributed by atoms with Crippen molar-refractivity contribution in [3.63, 3.8) is 0 Å². The van der Waals surface area contributed by atoms with Crippen molar-refractivity contribution in [2.75, 3.05) is 13.2 Å². The Hall–Kier alpha value is -1.55. The fraction of sp³-hybridized carbons (Fsp3) is 0.462. The van der Waals surface area contributed by atoms with Gasteiger partial charge in [-0.2, -0.15) is 0 Å². The molecule has 17 heavy (non-hydrogen) atoms. The van der Waals surface area contributed by atoms with Gasteiger partial charge in [-0.1, -0.05) is 6.07 Å². The van der Waals surface area contributed by atoms with Crippen LogP contribution in [0.4, 0.5) is 0 Å². The SMILES string of the molecule is Cc1ccc(OCC2CCCO2)cc1C(=O)O. The van der Waals surface area contributed by atoms with Crippen molar-refractivity contribution in [1.82, 2.24) is 0 Å². The molecule has 1 atom stereocenters. The van der Waals surface area contributed by atoms with Gasteiger partial charge >= 0.3 is 5.97 Å². The van der Waals surface area contributed by atoms with Gasteiger partial charge in [0.25, 0.3) is 0 Å². The maximum absolute atomic E-state index is 11.0. The Morgan fingerprint density at radius 1 is 1.59 bits per heavy atom. The lowest BCUT2D eigenvalue weighted by Crippen LogP contribution is -2.16. The Morgan fingerprint density at radius 2 is 2.41 bits per heavy atom. The van der Waals surface area contributed by atoms with Crippen molar-refractivity contribution in [2.24, 2.45) is 0 Å². The van der Waals surface area contributed by atoms with Crippen molar-refractivity contribution < 1.29 is 19.4 Å². The molecule has 0 aromatic heterocycles. The van der Waals surface area contributed by atoms with Gasteiger partial charge in [0, 0.05) is 6.61 Å². The summed E-state index contributed by atoms with van der Waals surface area (Å²) in [6.07, 6.45) is 2.23. The Kier molecular flexibility index (Phi) is 3.64. The van der Waals surface area contributed by atoms with Gasteiger partial charge in [0.1, 0.15) is 12.4 Å². The van der Waals surface area contributed by atoms with Crippen LogP contribution in [0.2, 0.25) is 0 Å². The lowest BCUT2D eigenvalue weighted by atomic mass is 10.1. The largest absolute Gasteiger partial charge is 0.491 e. The first kappa shape index (κ1) is 11.9. The van der Waals surface area contributed by atoms with Gasteiger partial charge in [-0.3, -0.25) is 0 Å². The van der Waals surface area contributed by atoms with Crippen LogP contribution in [0.1, 0.15) is 28.8 Å². The quantitative estimate of drug-likeness (QED) is 0.871. The molecule has 4 nitrogen and oxygen atoms in total. The van der Waals surface area contributed by atoms with Crippen LogP contribution < -0.4 is 4.74 Å². The zero-order valence-electron chi connectivity index (χ0n) is 9.81. The van der Waals surface area contributed by atoms with E-state index in [1.807, 2.05) is 0 Å². The second-order valence-electron chi connectivity index (χ2n) is 4.23. The maximum Gasteiger partial charge on any atom is 0.336 e. The standard InChI is InChI=1S/C13H16O4/c1-9-4-5-10(7-12(9)13(14)15)17-8-11-3-2-6-16-11/h4-5,7,11H,2-3,6,8H2,1H3,(H,14,15). The summed E-state index contributed by atoms with van der Waals surface area (Å²) in [5.74, 6) is -0.339. The van der Waals surface area contributed by atoms with Gasteiger partial charge in [0.2, 0.25) is 0 Å². The van der Waals surface area contributed by atoms with E-state index in [1.54, 1.807) is 25.1 Å². The van der Waals surface area contributed by atoms with E-state index in [0.717, 1.165) is 25.0 Å². The number of aromatic carboxylic acids is 1. The number of carboxylic acid groups (broad SMARTS) is 1. The van der Waals surface area contributed by atoms with Crippen LogP contribution in [-0.4, -0.2) is 30.4 Å². The first-order valence-electron chi connectivity index (χ1n) is 5.75. The molecule has 4 heteroatoms. The summed E-state index contributed by atoms with van der Waals surface area (Å²) >= 11 is 0. The van der Waals surface area contributed by atoms with Crippen LogP contribution in [0, 0.1) is 6.92 Å². The minimum absolute atomic E-state index is 0.143. The summed E-state index contributed by atoms with van der Waals surface area (Å²) in [7, 11) is 0. The molecular formula is C13H16O4. The predicted molar refractivity (Wildman–Crippen MR) is 62.6 cm³/mol. The van der Waals surface area contributed by atoms with Crippen LogP contribution >= 0.6 is 0 Å². The molecule has 1 fully saturated rings. The molecular weight excluding hydrogens is 220 g/mol. The van der Waals surface area contributed by atoms with Gasteiger partial charge in [0.05, 0.1) is 11.7 Å². The normalized spacial score (nSPS) is 19.2. The molecule has 0 radical (unpaired) electrons. The average molecular weight is 236 g/mol. The lowest BCUT2D eigenvalue weighted by molar-refractivity contribution is 0.0671. The highest BCUT2D eigenvalue weighted by Crippen LogP contribution is 2.19. The number of aryl methyl sites for hydroxylation is 1. The number of hydrogen-bond donors (Lipinski definition) is 1. The molecule has 1 aromatic carbocycles. The van der Waals surface area contributed by atoms with E-state index in [0.29, 0.717) is 12.4 Å². The maximum atomic E-state index is 11.0. The summed E-state index contributed by atoms with van der Waals surface area (Å²) in [4.78, 5) is 11.0. The molecule has 1 heterocycles. The van der Waals surface area contributed by atoms with E-state index in [9.17, 15) is 4.79 Å². The summed E-state index contributed by atoms with van der Waals surface area (Å²) in [5, 5.41) is 8.99. The topological polar surface area (TPSA) is 55.8 Å². The van der Waals surface area contributed by atoms with E-state index in [1.165, 1.54) is 0 Å². The van der Waals surface area contributed by atoms with E-state index in [-0.39, 0.29) is 11.7 Å².